The molecule has 1 saturated heterocycles. The summed E-state index contributed by atoms with van der Waals surface area (Å²) in [6, 6.07) is 0. The first-order chi connectivity index (χ1) is 7.78. The molecule has 0 bridgehead atoms. The number of hydrogen-bond acceptors (Lipinski definition) is 2. The number of piperidine rings is 1. The lowest BCUT2D eigenvalue weighted by molar-refractivity contribution is 0.141. The van der Waals surface area contributed by atoms with Crippen LogP contribution >= 0.6 is 12.6 Å². The molecule has 2 unspecified atom stereocenters. The molecule has 2 fully saturated rings. The lowest BCUT2D eigenvalue weighted by Gasteiger charge is -2.36. The van der Waals surface area contributed by atoms with Gasteiger partial charge in [0.15, 0.2) is 0 Å². The summed E-state index contributed by atoms with van der Waals surface area (Å²) in [7, 11) is 0. The number of hydrogen-bond donors (Lipinski definition) is 1. The van der Waals surface area contributed by atoms with Crippen molar-refractivity contribution in [1.29, 1.82) is 0 Å². The standard InChI is InChI=1S/C14H27NS/c1-12-3-2-4-14(9-12)10-15-7-5-13(11-16)6-8-15/h12-14,16H,2-11H2,1H3. The molecule has 0 aromatic rings. The van der Waals surface area contributed by atoms with Gasteiger partial charge in [-0.15, -0.1) is 0 Å². The molecule has 1 aliphatic heterocycles. The smallest absolute Gasteiger partial charge is 0.000976 e. The Balaban J connectivity index is 1.69. The van der Waals surface area contributed by atoms with Crippen molar-refractivity contribution in [2.24, 2.45) is 17.8 Å². The molecule has 1 heterocycles. The molecule has 0 radical (unpaired) electrons. The predicted molar refractivity (Wildman–Crippen MR) is 74.1 cm³/mol. The summed E-state index contributed by atoms with van der Waals surface area (Å²) in [6.45, 7) is 6.47. The minimum Gasteiger partial charge on any atom is -0.303 e. The highest BCUT2D eigenvalue weighted by Crippen LogP contribution is 2.30. The van der Waals surface area contributed by atoms with E-state index in [1.54, 1.807) is 0 Å². The number of rotatable bonds is 3. The van der Waals surface area contributed by atoms with Gasteiger partial charge in [0.2, 0.25) is 0 Å². The van der Waals surface area contributed by atoms with Crippen LogP contribution in [0.5, 0.6) is 0 Å². The summed E-state index contributed by atoms with van der Waals surface area (Å²) < 4.78 is 0. The molecule has 1 nitrogen and oxygen atoms in total. The van der Waals surface area contributed by atoms with Gasteiger partial charge in [-0.3, -0.25) is 0 Å². The van der Waals surface area contributed by atoms with E-state index in [0.717, 1.165) is 23.5 Å². The van der Waals surface area contributed by atoms with Crippen LogP contribution in [-0.2, 0) is 0 Å². The van der Waals surface area contributed by atoms with Gasteiger partial charge in [0.1, 0.15) is 0 Å². The number of nitrogens with zero attached hydrogens (tertiary/aromatic N) is 1. The third-order valence-electron chi connectivity index (χ3n) is 4.53. The first-order valence-electron chi connectivity index (χ1n) is 7.11. The summed E-state index contributed by atoms with van der Waals surface area (Å²) in [5, 5.41) is 0. The van der Waals surface area contributed by atoms with E-state index >= 15 is 0 Å². The van der Waals surface area contributed by atoms with Crippen LogP contribution in [0.3, 0.4) is 0 Å². The third kappa shape index (κ3) is 3.66. The minimum atomic E-state index is 0.893. The van der Waals surface area contributed by atoms with E-state index in [4.69, 9.17) is 0 Å². The van der Waals surface area contributed by atoms with Crippen molar-refractivity contribution in [3.63, 3.8) is 0 Å². The first-order valence-corrected chi connectivity index (χ1v) is 7.74. The molecular weight excluding hydrogens is 214 g/mol. The molecule has 2 heteroatoms. The van der Waals surface area contributed by atoms with Crippen LogP contribution in [0.2, 0.25) is 0 Å². The molecule has 0 aromatic heterocycles. The van der Waals surface area contributed by atoms with Gasteiger partial charge < -0.3 is 4.90 Å². The molecule has 2 rings (SSSR count). The maximum atomic E-state index is 4.42. The van der Waals surface area contributed by atoms with Crippen LogP contribution in [0.1, 0.15) is 45.4 Å². The molecule has 2 atom stereocenters. The Morgan fingerprint density at radius 2 is 1.81 bits per heavy atom. The molecule has 1 aliphatic carbocycles. The fourth-order valence-corrected chi connectivity index (χ4v) is 3.81. The Bertz CT molecular complexity index is 199. The predicted octanol–water partition coefficient (Wildman–Crippen LogP) is 3.45. The minimum absolute atomic E-state index is 0.893. The molecule has 0 aromatic carbocycles. The van der Waals surface area contributed by atoms with Gasteiger partial charge in [-0.05, 0) is 62.3 Å². The van der Waals surface area contributed by atoms with Crippen LogP contribution in [0, 0.1) is 17.8 Å². The van der Waals surface area contributed by atoms with Crippen LogP contribution in [0.4, 0.5) is 0 Å². The summed E-state index contributed by atoms with van der Waals surface area (Å²) in [4.78, 5) is 2.71. The normalized spacial score (nSPS) is 34.1. The zero-order chi connectivity index (χ0) is 11.4. The van der Waals surface area contributed by atoms with E-state index in [9.17, 15) is 0 Å². The largest absolute Gasteiger partial charge is 0.303 e. The molecule has 1 saturated carbocycles. The molecule has 2 aliphatic rings. The Labute approximate surface area is 106 Å². The Morgan fingerprint density at radius 1 is 1.06 bits per heavy atom. The van der Waals surface area contributed by atoms with E-state index in [-0.39, 0.29) is 0 Å². The first kappa shape index (κ1) is 12.8. The van der Waals surface area contributed by atoms with Gasteiger partial charge in [-0.2, -0.15) is 12.6 Å². The highest BCUT2D eigenvalue weighted by Gasteiger charge is 2.24. The van der Waals surface area contributed by atoms with E-state index in [1.165, 1.54) is 58.2 Å². The molecule has 0 spiro atoms. The van der Waals surface area contributed by atoms with Crippen molar-refractivity contribution in [1.82, 2.24) is 4.90 Å². The van der Waals surface area contributed by atoms with E-state index in [2.05, 4.69) is 24.5 Å². The summed E-state index contributed by atoms with van der Waals surface area (Å²) in [5.74, 6) is 3.96. The van der Waals surface area contributed by atoms with Gasteiger partial charge in [0, 0.05) is 6.54 Å². The molecule has 0 N–H and O–H groups in total. The summed E-state index contributed by atoms with van der Waals surface area (Å²) in [6.07, 6.45) is 8.66. The lowest BCUT2D eigenvalue weighted by Crippen LogP contribution is -2.38. The fraction of sp³-hybridized carbons (Fsp3) is 1.00. The zero-order valence-electron chi connectivity index (χ0n) is 10.7. The molecular formula is C14H27NS. The maximum absolute atomic E-state index is 4.42. The van der Waals surface area contributed by atoms with Gasteiger partial charge in [-0.25, -0.2) is 0 Å². The molecule has 0 amide bonds. The Morgan fingerprint density at radius 3 is 2.44 bits per heavy atom. The van der Waals surface area contributed by atoms with Crippen LogP contribution in [0.25, 0.3) is 0 Å². The van der Waals surface area contributed by atoms with Crippen molar-refractivity contribution in [3.05, 3.63) is 0 Å². The number of thiol groups is 1. The molecule has 16 heavy (non-hydrogen) atoms. The maximum Gasteiger partial charge on any atom is 0.000976 e. The van der Waals surface area contributed by atoms with Crippen molar-refractivity contribution in [3.8, 4) is 0 Å². The van der Waals surface area contributed by atoms with Gasteiger partial charge in [-0.1, -0.05) is 19.8 Å². The van der Waals surface area contributed by atoms with Gasteiger partial charge >= 0.3 is 0 Å². The second-order valence-electron chi connectivity index (χ2n) is 6.06. The van der Waals surface area contributed by atoms with Gasteiger partial charge in [0.25, 0.3) is 0 Å². The highest BCUT2D eigenvalue weighted by atomic mass is 32.1. The second kappa shape index (κ2) is 6.30. The quantitative estimate of drug-likeness (QED) is 0.741. The highest BCUT2D eigenvalue weighted by molar-refractivity contribution is 7.80. The SMILES string of the molecule is CC1CCCC(CN2CCC(CS)CC2)C1. The van der Waals surface area contributed by atoms with Gasteiger partial charge in [0.05, 0.1) is 0 Å². The van der Waals surface area contributed by atoms with Crippen LogP contribution in [-0.4, -0.2) is 30.3 Å². The van der Waals surface area contributed by atoms with E-state index in [1.807, 2.05) is 0 Å². The molecule has 94 valence electrons. The Hall–Kier alpha value is 0.310. The third-order valence-corrected chi connectivity index (χ3v) is 5.04. The average Bonchev–Trinajstić information content (AvgIpc) is 2.30. The van der Waals surface area contributed by atoms with Crippen molar-refractivity contribution in [2.75, 3.05) is 25.4 Å². The Kier molecular flexibility index (Phi) is 5.02. The monoisotopic (exact) mass is 241 g/mol. The fourth-order valence-electron chi connectivity index (χ4n) is 3.44. The lowest BCUT2D eigenvalue weighted by atomic mass is 9.82. The number of likely N-dealkylation sites (tertiary alicyclic amines) is 1. The van der Waals surface area contributed by atoms with Crippen LogP contribution in [0.15, 0.2) is 0 Å². The van der Waals surface area contributed by atoms with E-state index in [0.29, 0.717) is 0 Å². The zero-order valence-corrected chi connectivity index (χ0v) is 11.6. The van der Waals surface area contributed by atoms with Crippen LogP contribution < -0.4 is 0 Å². The topological polar surface area (TPSA) is 3.24 Å². The summed E-state index contributed by atoms with van der Waals surface area (Å²) in [5.41, 5.74) is 0. The van der Waals surface area contributed by atoms with E-state index < -0.39 is 0 Å². The average molecular weight is 241 g/mol. The van der Waals surface area contributed by atoms with Crippen molar-refractivity contribution < 1.29 is 0 Å². The van der Waals surface area contributed by atoms with Crippen molar-refractivity contribution in [2.45, 2.75) is 45.4 Å². The van der Waals surface area contributed by atoms with Crippen molar-refractivity contribution >= 4 is 12.6 Å². The second-order valence-corrected chi connectivity index (χ2v) is 6.43. The summed E-state index contributed by atoms with van der Waals surface area (Å²) >= 11 is 4.42.